The van der Waals surface area contributed by atoms with Crippen molar-refractivity contribution in [2.45, 2.75) is 47.6 Å². The van der Waals surface area contributed by atoms with Gasteiger partial charge in [0.1, 0.15) is 11.5 Å². The lowest BCUT2D eigenvalue weighted by molar-refractivity contribution is 0.340. The first-order chi connectivity index (χ1) is 14.2. The van der Waals surface area contributed by atoms with E-state index < -0.39 is 32.1 Å². The van der Waals surface area contributed by atoms with Gasteiger partial charge in [-0.1, -0.05) is 12.8 Å². The summed E-state index contributed by atoms with van der Waals surface area (Å²) in [6, 6.07) is 11.0. The summed E-state index contributed by atoms with van der Waals surface area (Å²) in [7, 11) is -4.60. The van der Waals surface area contributed by atoms with Crippen LogP contribution in [0, 0.1) is 0 Å². The molecule has 1 fully saturated rings. The van der Waals surface area contributed by atoms with Crippen molar-refractivity contribution in [2.24, 2.45) is 0 Å². The Balaban J connectivity index is 1.76. The molecular weight excluding hydrogens is 428 g/mol. The second-order valence-electron chi connectivity index (χ2n) is 7.09. The van der Waals surface area contributed by atoms with Gasteiger partial charge >= 0.3 is 0 Å². The highest BCUT2D eigenvalue weighted by molar-refractivity contribution is 7.90. The fourth-order valence-corrected chi connectivity index (χ4v) is 6.08. The van der Waals surface area contributed by atoms with E-state index in [4.69, 9.17) is 9.47 Å². The van der Waals surface area contributed by atoms with Gasteiger partial charge in [0.2, 0.25) is 20.0 Å². The number of hydrogen-bond donors (Lipinski definition) is 2. The van der Waals surface area contributed by atoms with Crippen LogP contribution in [-0.2, 0) is 20.0 Å². The molecule has 2 atom stereocenters. The van der Waals surface area contributed by atoms with Crippen molar-refractivity contribution in [3.05, 3.63) is 48.5 Å². The Morgan fingerprint density at radius 1 is 0.667 bits per heavy atom. The Morgan fingerprint density at radius 2 is 1.00 bits per heavy atom. The summed E-state index contributed by atoms with van der Waals surface area (Å²) < 4.78 is 66.7. The lowest BCUT2D eigenvalue weighted by Crippen LogP contribution is -2.52. The Morgan fingerprint density at radius 3 is 1.30 bits per heavy atom. The molecule has 8 nitrogen and oxygen atoms in total. The highest BCUT2D eigenvalue weighted by Crippen LogP contribution is 2.24. The SMILES string of the molecule is COc1ccc(S(=O)(=O)N[C@H]2CCCC[C@@H]2NS(=O)(=O)c2ccc(OC)cc2)cc1. The molecule has 1 saturated carbocycles. The molecule has 0 radical (unpaired) electrons. The van der Waals surface area contributed by atoms with E-state index >= 15 is 0 Å². The second kappa shape index (κ2) is 9.34. The first-order valence-corrected chi connectivity index (χ1v) is 12.5. The molecule has 0 unspecified atom stereocenters. The second-order valence-corrected chi connectivity index (χ2v) is 10.5. The molecule has 10 heteroatoms. The number of benzene rings is 2. The Bertz CT molecular complexity index is 964. The van der Waals surface area contributed by atoms with E-state index in [-0.39, 0.29) is 9.79 Å². The Kier molecular flexibility index (Phi) is 7.02. The van der Waals surface area contributed by atoms with Crippen LogP contribution in [0.15, 0.2) is 58.3 Å². The van der Waals surface area contributed by atoms with Crippen LogP contribution in [0.2, 0.25) is 0 Å². The van der Waals surface area contributed by atoms with Gasteiger partial charge in [-0.15, -0.1) is 0 Å². The van der Waals surface area contributed by atoms with Crippen molar-refractivity contribution in [2.75, 3.05) is 14.2 Å². The Hall–Kier alpha value is -2.14. The lowest BCUT2D eigenvalue weighted by atomic mass is 9.92. The van der Waals surface area contributed by atoms with Crippen LogP contribution in [0.25, 0.3) is 0 Å². The minimum absolute atomic E-state index is 0.102. The molecule has 0 heterocycles. The van der Waals surface area contributed by atoms with E-state index in [2.05, 4.69) is 9.44 Å². The zero-order chi connectivity index (χ0) is 21.8. The van der Waals surface area contributed by atoms with Crippen molar-refractivity contribution in [3.63, 3.8) is 0 Å². The zero-order valence-electron chi connectivity index (χ0n) is 16.9. The standard InChI is InChI=1S/C20H26N2O6S2/c1-27-15-7-11-17(12-8-15)29(23,24)21-19-5-3-4-6-20(19)22-30(25,26)18-13-9-16(28-2)10-14-18/h7-14,19-22H,3-6H2,1-2H3/t19-,20-/m0/s1. The normalized spacial score (nSPS) is 19.9. The number of methoxy groups -OCH3 is 2. The average molecular weight is 455 g/mol. The smallest absolute Gasteiger partial charge is 0.240 e. The molecule has 0 amide bonds. The predicted octanol–water partition coefficient (Wildman–Crippen LogP) is 2.27. The van der Waals surface area contributed by atoms with E-state index in [1.54, 1.807) is 24.3 Å². The molecule has 1 aliphatic carbocycles. The van der Waals surface area contributed by atoms with Gasteiger partial charge in [0.05, 0.1) is 24.0 Å². The molecular formula is C20H26N2O6S2. The van der Waals surface area contributed by atoms with E-state index in [9.17, 15) is 16.8 Å². The molecule has 2 aromatic carbocycles. The molecule has 164 valence electrons. The minimum atomic E-state index is -3.80. The van der Waals surface area contributed by atoms with Gasteiger partial charge in [0.15, 0.2) is 0 Å². The largest absolute Gasteiger partial charge is 0.497 e. The summed E-state index contributed by atoms with van der Waals surface area (Å²) in [4.78, 5) is 0.205. The van der Waals surface area contributed by atoms with Crippen LogP contribution in [0.1, 0.15) is 25.7 Å². The third-order valence-electron chi connectivity index (χ3n) is 5.12. The van der Waals surface area contributed by atoms with Crippen LogP contribution in [0.4, 0.5) is 0 Å². The number of hydrogen-bond acceptors (Lipinski definition) is 6. The van der Waals surface area contributed by atoms with Gasteiger partial charge < -0.3 is 9.47 Å². The van der Waals surface area contributed by atoms with Gasteiger partial charge in [-0.25, -0.2) is 26.3 Å². The Labute approximate surface area is 177 Å². The van der Waals surface area contributed by atoms with Crippen molar-refractivity contribution in [1.82, 2.24) is 9.44 Å². The van der Waals surface area contributed by atoms with Crippen LogP contribution in [0.5, 0.6) is 11.5 Å². The minimum Gasteiger partial charge on any atom is -0.497 e. The molecule has 0 bridgehead atoms. The van der Waals surface area contributed by atoms with E-state index in [1.807, 2.05) is 0 Å². The number of nitrogens with one attached hydrogen (secondary N) is 2. The first kappa shape index (κ1) is 22.5. The van der Waals surface area contributed by atoms with Crippen molar-refractivity contribution in [1.29, 1.82) is 0 Å². The third-order valence-corrected chi connectivity index (χ3v) is 8.13. The molecule has 0 saturated heterocycles. The van der Waals surface area contributed by atoms with Crippen LogP contribution in [0.3, 0.4) is 0 Å². The van der Waals surface area contributed by atoms with Gasteiger partial charge in [-0.2, -0.15) is 0 Å². The highest BCUT2D eigenvalue weighted by atomic mass is 32.2. The quantitative estimate of drug-likeness (QED) is 0.633. The van der Waals surface area contributed by atoms with E-state index in [0.29, 0.717) is 24.3 Å². The van der Waals surface area contributed by atoms with Crippen LogP contribution in [-0.4, -0.2) is 43.1 Å². The molecule has 3 rings (SSSR count). The molecule has 30 heavy (non-hydrogen) atoms. The summed E-state index contributed by atoms with van der Waals surface area (Å²) in [6.45, 7) is 0. The summed E-state index contributed by atoms with van der Waals surface area (Å²) >= 11 is 0. The summed E-state index contributed by atoms with van der Waals surface area (Å²) in [5, 5.41) is 0. The number of sulfonamides is 2. The molecule has 2 N–H and O–H groups in total. The topological polar surface area (TPSA) is 111 Å². The summed E-state index contributed by atoms with van der Waals surface area (Å²) in [5.41, 5.74) is 0. The molecule has 0 spiro atoms. The van der Waals surface area contributed by atoms with E-state index in [1.165, 1.54) is 38.5 Å². The summed E-state index contributed by atoms with van der Waals surface area (Å²) in [5.74, 6) is 1.11. The maximum Gasteiger partial charge on any atom is 0.240 e. The molecule has 0 aliphatic heterocycles. The third kappa shape index (κ3) is 5.31. The molecule has 2 aromatic rings. The van der Waals surface area contributed by atoms with Crippen LogP contribution < -0.4 is 18.9 Å². The predicted molar refractivity (Wildman–Crippen MR) is 113 cm³/mol. The van der Waals surface area contributed by atoms with Gasteiger partial charge in [-0.05, 0) is 61.4 Å². The fourth-order valence-electron chi connectivity index (χ4n) is 3.46. The highest BCUT2D eigenvalue weighted by Gasteiger charge is 2.32. The van der Waals surface area contributed by atoms with Gasteiger partial charge in [0.25, 0.3) is 0 Å². The zero-order valence-corrected chi connectivity index (χ0v) is 18.5. The van der Waals surface area contributed by atoms with E-state index in [0.717, 1.165) is 12.8 Å². The fraction of sp³-hybridized carbons (Fsp3) is 0.400. The maximum absolute atomic E-state index is 12.8. The lowest BCUT2D eigenvalue weighted by Gasteiger charge is -2.32. The number of rotatable bonds is 8. The van der Waals surface area contributed by atoms with Crippen molar-refractivity contribution in [3.8, 4) is 11.5 Å². The van der Waals surface area contributed by atoms with Crippen molar-refractivity contribution >= 4 is 20.0 Å². The van der Waals surface area contributed by atoms with Crippen molar-refractivity contribution < 1.29 is 26.3 Å². The number of ether oxygens (including phenoxy) is 2. The molecule has 1 aliphatic rings. The monoisotopic (exact) mass is 454 g/mol. The summed E-state index contributed by atoms with van der Waals surface area (Å²) in [6.07, 6.45) is 2.73. The van der Waals surface area contributed by atoms with Crippen LogP contribution >= 0.6 is 0 Å². The van der Waals surface area contributed by atoms with Gasteiger partial charge in [0, 0.05) is 12.1 Å². The first-order valence-electron chi connectivity index (χ1n) is 9.58. The van der Waals surface area contributed by atoms with Gasteiger partial charge in [-0.3, -0.25) is 0 Å². The molecule has 0 aromatic heterocycles. The maximum atomic E-state index is 12.8. The average Bonchev–Trinajstić information content (AvgIpc) is 2.75.